The summed E-state index contributed by atoms with van der Waals surface area (Å²) in [6.07, 6.45) is -1.11. The van der Waals surface area contributed by atoms with Crippen LogP contribution < -0.4 is 5.32 Å². The second-order valence-corrected chi connectivity index (χ2v) is 6.54. The minimum Gasteiger partial charge on any atom is -0.453 e. The number of nitrogens with zero attached hydrogens (tertiary/aromatic N) is 1. The zero-order chi connectivity index (χ0) is 20.7. The van der Waals surface area contributed by atoms with E-state index in [9.17, 15) is 14.4 Å². The summed E-state index contributed by atoms with van der Waals surface area (Å²) in [6, 6.07) is 13.8. The first-order valence-corrected chi connectivity index (χ1v) is 8.91. The molecule has 0 fully saturated rings. The Bertz CT molecular complexity index is 944. The second-order valence-electron chi connectivity index (χ2n) is 6.54. The van der Waals surface area contributed by atoms with Gasteiger partial charge in [-0.25, -0.2) is 0 Å². The fourth-order valence-corrected chi connectivity index (χ4v) is 2.49. The first kappa shape index (κ1) is 20.8. The normalized spacial score (nSPS) is 11.2. The molecule has 0 heterocycles. The highest BCUT2D eigenvalue weighted by molar-refractivity contribution is 5.98. The molecule has 1 atom stereocenters. The van der Waals surface area contributed by atoms with Gasteiger partial charge in [-0.2, -0.15) is 5.26 Å². The van der Waals surface area contributed by atoms with E-state index in [4.69, 9.17) is 10.00 Å². The smallest absolute Gasteiger partial charge is 0.307 e. The molecule has 0 aromatic heterocycles. The molecular formula is C22H22N2O4. The molecule has 1 N–H and O–H groups in total. The van der Waals surface area contributed by atoms with Gasteiger partial charge < -0.3 is 10.1 Å². The van der Waals surface area contributed by atoms with Gasteiger partial charge in [-0.05, 0) is 56.2 Å². The van der Waals surface area contributed by atoms with E-state index >= 15 is 0 Å². The molecule has 2 aromatic rings. The van der Waals surface area contributed by atoms with Crippen LogP contribution in [0, 0.1) is 25.2 Å². The number of carbonyl (C=O) groups is 3. The molecule has 144 valence electrons. The molecule has 0 spiro atoms. The molecule has 2 aromatic carbocycles. The van der Waals surface area contributed by atoms with Gasteiger partial charge in [0.2, 0.25) is 0 Å². The Labute approximate surface area is 164 Å². The average Bonchev–Trinajstić information content (AvgIpc) is 2.68. The van der Waals surface area contributed by atoms with Crippen molar-refractivity contribution >= 4 is 23.3 Å². The number of rotatable bonds is 7. The van der Waals surface area contributed by atoms with E-state index in [2.05, 4.69) is 5.32 Å². The van der Waals surface area contributed by atoms with Gasteiger partial charge in [0, 0.05) is 17.7 Å². The van der Waals surface area contributed by atoms with Crippen LogP contribution in [-0.2, 0) is 14.3 Å². The summed E-state index contributed by atoms with van der Waals surface area (Å²) >= 11 is 0. The summed E-state index contributed by atoms with van der Waals surface area (Å²) in [7, 11) is 0. The Kier molecular flexibility index (Phi) is 7.05. The number of aryl methyl sites for hydroxylation is 2. The molecule has 1 unspecified atom stereocenters. The number of nitrogens with one attached hydrogen (secondary N) is 1. The predicted octanol–water partition coefficient (Wildman–Crippen LogP) is 3.71. The van der Waals surface area contributed by atoms with Crippen LogP contribution in [0.1, 0.15) is 46.8 Å². The lowest BCUT2D eigenvalue weighted by atomic mass is 10.0. The van der Waals surface area contributed by atoms with Crippen molar-refractivity contribution in [3.8, 4) is 6.07 Å². The fourth-order valence-electron chi connectivity index (χ4n) is 2.49. The van der Waals surface area contributed by atoms with Gasteiger partial charge in [0.15, 0.2) is 11.9 Å². The van der Waals surface area contributed by atoms with Gasteiger partial charge in [0.25, 0.3) is 5.91 Å². The lowest BCUT2D eigenvalue weighted by Crippen LogP contribution is -2.30. The summed E-state index contributed by atoms with van der Waals surface area (Å²) < 4.78 is 5.10. The van der Waals surface area contributed by atoms with Crippen LogP contribution in [0.15, 0.2) is 42.5 Å². The topological polar surface area (TPSA) is 96.3 Å². The van der Waals surface area contributed by atoms with E-state index in [-0.39, 0.29) is 18.6 Å². The van der Waals surface area contributed by atoms with Crippen molar-refractivity contribution in [3.63, 3.8) is 0 Å². The van der Waals surface area contributed by atoms with Crippen LogP contribution in [0.25, 0.3) is 0 Å². The number of benzene rings is 2. The fraction of sp³-hybridized carbons (Fsp3) is 0.273. The molecule has 0 saturated carbocycles. The zero-order valence-electron chi connectivity index (χ0n) is 16.1. The molecule has 0 bridgehead atoms. The summed E-state index contributed by atoms with van der Waals surface area (Å²) in [5.74, 6) is -1.28. The van der Waals surface area contributed by atoms with E-state index in [0.717, 1.165) is 11.1 Å². The molecule has 1 amide bonds. The van der Waals surface area contributed by atoms with Crippen molar-refractivity contribution in [2.24, 2.45) is 0 Å². The molecule has 0 aliphatic rings. The van der Waals surface area contributed by atoms with Gasteiger partial charge in [0.05, 0.1) is 18.1 Å². The van der Waals surface area contributed by atoms with E-state index in [1.54, 1.807) is 30.3 Å². The summed E-state index contributed by atoms with van der Waals surface area (Å²) in [5.41, 5.74) is 3.51. The number of esters is 1. The zero-order valence-corrected chi connectivity index (χ0v) is 16.1. The number of carbonyl (C=O) groups excluding carboxylic acids is 3. The van der Waals surface area contributed by atoms with Crippen molar-refractivity contribution in [2.45, 2.75) is 39.7 Å². The third kappa shape index (κ3) is 5.78. The van der Waals surface area contributed by atoms with Gasteiger partial charge in [-0.15, -0.1) is 0 Å². The molecule has 0 aliphatic carbocycles. The average molecular weight is 378 g/mol. The summed E-state index contributed by atoms with van der Waals surface area (Å²) in [5, 5.41) is 11.5. The highest BCUT2D eigenvalue weighted by Crippen LogP contribution is 2.14. The molecule has 0 aliphatic heterocycles. The third-order valence-electron chi connectivity index (χ3n) is 4.32. The first-order valence-electron chi connectivity index (χ1n) is 8.91. The Balaban J connectivity index is 1.84. The third-order valence-corrected chi connectivity index (χ3v) is 4.32. The standard InChI is InChI=1S/C22H22N2O4/c1-14-7-8-18(11-15(14)2)20(25)9-10-21(26)28-16(3)22(27)24-19-6-4-5-17(12-19)13-23/h4-8,11-12,16H,9-10H2,1-3H3,(H,24,27). The monoisotopic (exact) mass is 378 g/mol. The molecular weight excluding hydrogens is 356 g/mol. The Hall–Kier alpha value is -3.46. The van der Waals surface area contributed by atoms with E-state index in [1.165, 1.54) is 13.0 Å². The molecule has 28 heavy (non-hydrogen) atoms. The lowest BCUT2D eigenvalue weighted by Gasteiger charge is -2.13. The number of ketones is 1. The summed E-state index contributed by atoms with van der Waals surface area (Å²) in [4.78, 5) is 36.3. The van der Waals surface area contributed by atoms with E-state index in [0.29, 0.717) is 16.8 Å². The van der Waals surface area contributed by atoms with E-state index < -0.39 is 18.0 Å². The molecule has 0 radical (unpaired) electrons. The van der Waals surface area contributed by atoms with Crippen molar-refractivity contribution in [1.82, 2.24) is 0 Å². The van der Waals surface area contributed by atoms with Crippen molar-refractivity contribution in [2.75, 3.05) is 5.32 Å². The van der Waals surface area contributed by atoms with Crippen LogP contribution in [0.2, 0.25) is 0 Å². The SMILES string of the molecule is Cc1ccc(C(=O)CCC(=O)OC(C)C(=O)Nc2cccc(C#N)c2)cc1C. The minimum absolute atomic E-state index is 0.0138. The maximum Gasteiger partial charge on any atom is 0.307 e. The molecule has 0 saturated heterocycles. The Morgan fingerprint density at radius 1 is 1.07 bits per heavy atom. The van der Waals surface area contributed by atoms with E-state index in [1.807, 2.05) is 26.0 Å². The maximum absolute atomic E-state index is 12.2. The lowest BCUT2D eigenvalue weighted by molar-refractivity contribution is -0.153. The largest absolute Gasteiger partial charge is 0.453 e. The maximum atomic E-state index is 12.2. The number of hydrogen-bond acceptors (Lipinski definition) is 5. The Morgan fingerprint density at radius 3 is 2.50 bits per heavy atom. The highest BCUT2D eigenvalue weighted by atomic mass is 16.5. The Morgan fingerprint density at radius 2 is 1.82 bits per heavy atom. The van der Waals surface area contributed by atoms with Crippen LogP contribution in [0.4, 0.5) is 5.69 Å². The first-order chi connectivity index (χ1) is 13.3. The second kappa shape index (κ2) is 9.47. The van der Waals surface area contributed by atoms with Crippen LogP contribution in [-0.4, -0.2) is 23.8 Å². The van der Waals surface area contributed by atoms with Gasteiger partial charge in [-0.3, -0.25) is 14.4 Å². The number of hydrogen-bond donors (Lipinski definition) is 1. The minimum atomic E-state index is -1.02. The van der Waals surface area contributed by atoms with Crippen LogP contribution in [0.5, 0.6) is 0 Å². The number of anilines is 1. The summed E-state index contributed by atoms with van der Waals surface area (Å²) in [6.45, 7) is 5.34. The van der Waals surface area contributed by atoms with Gasteiger partial charge in [0.1, 0.15) is 0 Å². The quantitative estimate of drug-likeness (QED) is 0.585. The van der Waals surface area contributed by atoms with Crippen molar-refractivity contribution in [1.29, 1.82) is 5.26 Å². The van der Waals surface area contributed by atoms with Crippen LogP contribution in [0.3, 0.4) is 0 Å². The van der Waals surface area contributed by atoms with Gasteiger partial charge in [-0.1, -0.05) is 18.2 Å². The number of Topliss-reactive ketones (excluding diaryl/α,β-unsaturated/α-hetero) is 1. The molecule has 6 heteroatoms. The predicted molar refractivity (Wildman–Crippen MR) is 105 cm³/mol. The number of nitriles is 1. The number of ether oxygens (including phenoxy) is 1. The van der Waals surface area contributed by atoms with Crippen LogP contribution >= 0.6 is 0 Å². The molecule has 2 rings (SSSR count). The highest BCUT2D eigenvalue weighted by Gasteiger charge is 2.19. The van der Waals surface area contributed by atoms with Gasteiger partial charge >= 0.3 is 5.97 Å². The molecule has 6 nitrogen and oxygen atoms in total. The number of amides is 1. The van der Waals surface area contributed by atoms with Crippen molar-refractivity contribution in [3.05, 3.63) is 64.7 Å². The van der Waals surface area contributed by atoms with Crippen molar-refractivity contribution < 1.29 is 19.1 Å².